The van der Waals surface area contributed by atoms with Crippen molar-refractivity contribution < 1.29 is 33.8 Å². The van der Waals surface area contributed by atoms with Crippen molar-refractivity contribution >= 4 is 23.9 Å². The van der Waals surface area contributed by atoms with Gasteiger partial charge in [0.1, 0.15) is 12.6 Å². The van der Waals surface area contributed by atoms with Crippen molar-refractivity contribution in [1.29, 1.82) is 0 Å². The largest absolute Gasteiger partial charge is 0.466 e. The van der Waals surface area contributed by atoms with Gasteiger partial charge in [-0.25, -0.2) is 4.79 Å². The Hall–Kier alpha value is -3.14. The Bertz CT molecular complexity index is 712. The molecule has 0 aliphatic heterocycles. The highest BCUT2D eigenvalue weighted by Gasteiger charge is 2.26. The second-order valence-corrected chi connectivity index (χ2v) is 6.71. The number of aliphatic hydroxyl groups excluding tert-OH is 1. The summed E-state index contributed by atoms with van der Waals surface area (Å²) in [5.41, 5.74) is 6.08. The van der Waals surface area contributed by atoms with Gasteiger partial charge >= 0.3 is 12.1 Å². The van der Waals surface area contributed by atoms with E-state index >= 15 is 0 Å². The number of hydrogen-bond donors (Lipinski definition) is 4. The molecule has 0 bridgehead atoms. The van der Waals surface area contributed by atoms with Crippen LogP contribution in [0.2, 0.25) is 0 Å². The highest BCUT2D eigenvalue weighted by molar-refractivity contribution is 5.87. The molecule has 5 N–H and O–H groups in total. The third kappa shape index (κ3) is 9.87. The lowest BCUT2D eigenvalue weighted by atomic mass is 10.0. The minimum absolute atomic E-state index is 0.0277. The van der Waals surface area contributed by atoms with Crippen molar-refractivity contribution in [2.24, 2.45) is 11.7 Å². The molecule has 3 amide bonds. The molecule has 0 fully saturated rings. The molecule has 0 saturated heterocycles. The van der Waals surface area contributed by atoms with Crippen LogP contribution in [0.1, 0.15) is 32.3 Å². The van der Waals surface area contributed by atoms with Crippen LogP contribution in [-0.2, 0) is 30.5 Å². The van der Waals surface area contributed by atoms with Gasteiger partial charge in [-0.05, 0) is 18.9 Å². The summed E-state index contributed by atoms with van der Waals surface area (Å²) in [6.07, 6.45) is -2.35. The maximum Gasteiger partial charge on any atom is 0.407 e. The van der Waals surface area contributed by atoms with E-state index in [9.17, 15) is 24.3 Å². The van der Waals surface area contributed by atoms with Gasteiger partial charge in [-0.3, -0.25) is 14.4 Å². The van der Waals surface area contributed by atoms with Gasteiger partial charge in [0.2, 0.25) is 11.8 Å². The quantitative estimate of drug-likeness (QED) is 0.350. The fourth-order valence-electron chi connectivity index (χ4n) is 2.50. The number of nitrogens with two attached hydrogens (primary N) is 1. The topological polar surface area (TPSA) is 157 Å². The van der Waals surface area contributed by atoms with Crippen molar-refractivity contribution in [2.75, 3.05) is 13.2 Å². The van der Waals surface area contributed by atoms with Gasteiger partial charge in [-0.15, -0.1) is 0 Å². The van der Waals surface area contributed by atoms with Crippen LogP contribution in [0.25, 0.3) is 0 Å². The summed E-state index contributed by atoms with van der Waals surface area (Å²) < 4.78 is 9.86. The van der Waals surface area contributed by atoms with Gasteiger partial charge < -0.3 is 30.9 Å². The zero-order valence-electron chi connectivity index (χ0n) is 17.1. The monoisotopic (exact) mass is 423 g/mol. The second kappa shape index (κ2) is 13.2. The molecule has 0 heterocycles. The molecule has 0 aliphatic rings. The molecular formula is C20H29N3O7. The minimum atomic E-state index is -1.20. The number of carbonyl (C=O) groups is 4. The normalized spacial score (nSPS) is 13.4. The zero-order chi connectivity index (χ0) is 22.5. The molecule has 10 nitrogen and oxygen atoms in total. The Labute approximate surface area is 175 Å². The standard InChI is InChI=1S/C20H29N3O7/c1-3-29-19(27)13(2)9-16(18(21)26)23-17(25)10-15(24)11-22-20(28)30-12-14-7-5-4-6-8-14/h4-8,13,15-16,24H,3,9-12H2,1-2H3,(H2,21,26)(H,22,28)(H,23,25)/t13-,15-,16-/m1/s1. The molecule has 0 unspecified atom stereocenters. The first kappa shape index (κ1) is 24.9. The molecule has 166 valence electrons. The summed E-state index contributed by atoms with van der Waals surface area (Å²) in [6, 6.07) is 7.96. The SMILES string of the molecule is CCOC(=O)[C@H](C)C[C@@H](NC(=O)C[C@@H](O)CNC(=O)OCc1ccccc1)C(N)=O. The lowest BCUT2D eigenvalue weighted by Crippen LogP contribution is -2.47. The molecule has 0 saturated carbocycles. The molecular weight excluding hydrogens is 394 g/mol. The average Bonchev–Trinajstić information content (AvgIpc) is 2.70. The first-order valence-electron chi connectivity index (χ1n) is 9.60. The van der Waals surface area contributed by atoms with Crippen LogP contribution in [-0.4, -0.2) is 54.3 Å². The van der Waals surface area contributed by atoms with E-state index < -0.39 is 41.9 Å². The molecule has 30 heavy (non-hydrogen) atoms. The Morgan fingerprint density at radius 1 is 1.13 bits per heavy atom. The third-order valence-electron chi connectivity index (χ3n) is 4.07. The van der Waals surface area contributed by atoms with E-state index in [1.807, 2.05) is 18.2 Å². The number of esters is 1. The van der Waals surface area contributed by atoms with Gasteiger partial charge in [-0.2, -0.15) is 0 Å². The summed E-state index contributed by atoms with van der Waals surface area (Å²) >= 11 is 0. The number of ether oxygens (including phenoxy) is 2. The Balaban J connectivity index is 2.37. The number of rotatable bonds is 12. The van der Waals surface area contributed by atoms with Crippen molar-refractivity contribution in [3.05, 3.63) is 35.9 Å². The van der Waals surface area contributed by atoms with Crippen LogP contribution < -0.4 is 16.4 Å². The van der Waals surface area contributed by atoms with E-state index in [2.05, 4.69) is 10.6 Å². The van der Waals surface area contributed by atoms with Gasteiger partial charge in [0, 0.05) is 6.54 Å². The molecule has 1 aromatic carbocycles. The maximum absolute atomic E-state index is 12.1. The highest BCUT2D eigenvalue weighted by Crippen LogP contribution is 2.09. The second-order valence-electron chi connectivity index (χ2n) is 6.71. The van der Waals surface area contributed by atoms with E-state index in [1.54, 1.807) is 26.0 Å². The first-order chi connectivity index (χ1) is 14.2. The Kier molecular flexibility index (Phi) is 10.9. The molecule has 10 heteroatoms. The van der Waals surface area contributed by atoms with Crippen LogP contribution >= 0.6 is 0 Å². The number of hydrogen-bond acceptors (Lipinski definition) is 7. The van der Waals surface area contributed by atoms with Crippen LogP contribution in [0, 0.1) is 5.92 Å². The van der Waals surface area contributed by atoms with Crippen molar-refractivity contribution in [3.63, 3.8) is 0 Å². The van der Waals surface area contributed by atoms with Crippen LogP contribution in [0.3, 0.4) is 0 Å². The van der Waals surface area contributed by atoms with E-state index in [0.717, 1.165) is 5.56 Å². The number of nitrogens with one attached hydrogen (secondary N) is 2. The highest BCUT2D eigenvalue weighted by atomic mass is 16.5. The van der Waals surface area contributed by atoms with Crippen molar-refractivity contribution in [2.45, 2.75) is 45.4 Å². The number of aliphatic hydroxyl groups is 1. The molecule has 1 aromatic rings. The van der Waals surface area contributed by atoms with E-state index in [4.69, 9.17) is 15.2 Å². The average molecular weight is 423 g/mol. The molecule has 1 rings (SSSR count). The smallest absolute Gasteiger partial charge is 0.407 e. The molecule has 0 aliphatic carbocycles. The minimum Gasteiger partial charge on any atom is -0.466 e. The van der Waals surface area contributed by atoms with Crippen LogP contribution in [0.5, 0.6) is 0 Å². The summed E-state index contributed by atoms with van der Waals surface area (Å²) in [7, 11) is 0. The van der Waals surface area contributed by atoms with E-state index in [0.29, 0.717) is 0 Å². The van der Waals surface area contributed by atoms with Crippen LogP contribution in [0.15, 0.2) is 30.3 Å². The lowest BCUT2D eigenvalue weighted by Gasteiger charge is -2.20. The van der Waals surface area contributed by atoms with Gasteiger partial charge in [0.15, 0.2) is 0 Å². The zero-order valence-corrected chi connectivity index (χ0v) is 17.1. The van der Waals surface area contributed by atoms with Crippen molar-refractivity contribution in [3.8, 4) is 0 Å². The van der Waals surface area contributed by atoms with Crippen molar-refractivity contribution in [1.82, 2.24) is 10.6 Å². The number of amides is 3. The first-order valence-corrected chi connectivity index (χ1v) is 9.60. The summed E-state index contributed by atoms with van der Waals surface area (Å²) in [5, 5.41) is 14.7. The third-order valence-corrected chi connectivity index (χ3v) is 4.07. The Morgan fingerprint density at radius 3 is 2.40 bits per heavy atom. The van der Waals surface area contributed by atoms with E-state index in [-0.39, 0.29) is 32.6 Å². The lowest BCUT2D eigenvalue weighted by molar-refractivity contribution is -0.148. The van der Waals surface area contributed by atoms with Gasteiger partial charge in [0.25, 0.3) is 0 Å². The summed E-state index contributed by atoms with van der Waals surface area (Å²) in [5.74, 6) is -2.61. The van der Waals surface area contributed by atoms with E-state index in [1.165, 1.54) is 0 Å². The summed E-state index contributed by atoms with van der Waals surface area (Å²) in [6.45, 7) is 3.26. The molecule has 0 aromatic heterocycles. The number of primary amides is 1. The fourth-order valence-corrected chi connectivity index (χ4v) is 2.50. The number of carbonyl (C=O) groups excluding carboxylic acids is 4. The predicted molar refractivity (Wildman–Crippen MR) is 107 cm³/mol. The van der Waals surface area contributed by atoms with Crippen LogP contribution in [0.4, 0.5) is 4.79 Å². The van der Waals surface area contributed by atoms with Gasteiger partial charge in [-0.1, -0.05) is 37.3 Å². The molecule has 0 radical (unpaired) electrons. The Morgan fingerprint density at radius 2 is 1.80 bits per heavy atom. The number of alkyl carbamates (subject to hydrolysis) is 1. The molecule has 3 atom stereocenters. The fraction of sp³-hybridized carbons (Fsp3) is 0.500. The summed E-state index contributed by atoms with van der Waals surface area (Å²) in [4.78, 5) is 47.0. The maximum atomic E-state index is 12.1. The van der Waals surface area contributed by atoms with Gasteiger partial charge in [0.05, 0.1) is 25.0 Å². The number of benzene rings is 1. The molecule has 0 spiro atoms. The predicted octanol–water partition coefficient (Wildman–Crippen LogP) is 0.223.